The second-order valence-electron chi connectivity index (χ2n) is 5.61. The lowest BCUT2D eigenvalue weighted by molar-refractivity contribution is 0.153. The highest BCUT2D eigenvalue weighted by Crippen LogP contribution is 2.18. The van der Waals surface area contributed by atoms with Gasteiger partial charge in [0, 0.05) is 37.9 Å². The molecule has 0 saturated carbocycles. The Hall–Kier alpha value is -1.32. The summed E-state index contributed by atoms with van der Waals surface area (Å²) < 4.78 is 0. The Morgan fingerprint density at radius 2 is 1.95 bits per heavy atom. The van der Waals surface area contributed by atoms with Crippen molar-refractivity contribution in [3.63, 3.8) is 0 Å². The predicted octanol–water partition coefficient (Wildman–Crippen LogP) is 2.35. The number of aromatic amines is 1. The van der Waals surface area contributed by atoms with Crippen molar-refractivity contribution in [1.82, 2.24) is 14.8 Å². The molecule has 1 N–H and O–H groups in total. The molecule has 0 unspecified atom stereocenters. The van der Waals surface area contributed by atoms with E-state index in [1.807, 2.05) is 6.20 Å². The molecule has 3 nitrogen and oxygen atoms in total. The van der Waals surface area contributed by atoms with Crippen molar-refractivity contribution >= 4 is 10.9 Å². The van der Waals surface area contributed by atoms with E-state index in [4.69, 9.17) is 0 Å². The number of nitrogens with one attached hydrogen (secondary N) is 1. The molecule has 1 aliphatic rings. The van der Waals surface area contributed by atoms with E-state index in [-0.39, 0.29) is 0 Å². The zero-order valence-corrected chi connectivity index (χ0v) is 11.7. The highest BCUT2D eigenvalue weighted by molar-refractivity contribution is 5.82. The van der Waals surface area contributed by atoms with Gasteiger partial charge in [-0.25, -0.2) is 0 Å². The maximum Gasteiger partial charge on any atom is 0.0486 e. The Morgan fingerprint density at radius 3 is 2.79 bits per heavy atom. The quantitative estimate of drug-likeness (QED) is 0.908. The van der Waals surface area contributed by atoms with Gasteiger partial charge in [-0.3, -0.25) is 0 Å². The Bertz CT molecular complexity index is 524. The Kier molecular flexibility index (Phi) is 3.85. The van der Waals surface area contributed by atoms with E-state index < -0.39 is 0 Å². The summed E-state index contributed by atoms with van der Waals surface area (Å²) >= 11 is 0. The van der Waals surface area contributed by atoms with Gasteiger partial charge in [-0.15, -0.1) is 0 Å². The van der Waals surface area contributed by atoms with Crippen LogP contribution in [-0.4, -0.2) is 54.6 Å². The largest absolute Gasteiger partial charge is 0.361 e. The molecule has 1 aromatic heterocycles. The predicted molar refractivity (Wildman–Crippen MR) is 80.6 cm³/mol. The van der Waals surface area contributed by atoms with E-state index in [0.717, 1.165) is 0 Å². The minimum atomic E-state index is 1.17. The van der Waals surface area contributed by atoms with Gasteiger partial charge in [0.05, 0.1) is 0 Å². The number of para-hydroxylation sites is 1. The summed E-state index contributed by atoms with van der Waals surface area (Å²) in [6.45, 7) is 6.11. The van der Waals surface area contributed by atoms with E-state index in [2.05, 4.69) is 46.1 Å². The van der Waals surface area contributed by atoms with Crippen LogP contribution in [0.15, 0.2) is 30.5 Å². The minimum Gasteiger partial charge on any atom is -0.361 e. The molecule has 0 aliphatic carbocycles. The third kappa shape index (κ3) is 2.99. The first-order valence-electron chi connectivity index (χ1n) is 7.29. The maximum absolute atomic E-state index is 3.36. The van der Waals surface area contributed by atoms with Gasteiger partial charge in [0.2, 0.25) is 0 Å². The van der Waals surface area contributed by atoms with Crippen molar-refractivity contribution in [2.75, 3.05) is 39.8 Å². The molecule has 1 aliphatic heterocycles. The molecule has 102 valence electrons. The molecule has 2 aromatic rings. The van der Waals surface area contributed by atoms with E-state index >= 15 is 0 Å². The van der Waals surface area contributed by atoms with Crippen molar-refractivity contribution < 1.29 is 0 Å². The minimum absolute atomic E-state index is 1.17. The second-order valence-corrected chi connectivity index (χ2v) is 5.61. The zero-order chi connectivity index (χ0) is 13.1. The molecule has 0 amide bonds. The normalized spacial score (nSPS) is 18.2. The Morgan fingerprint density at radius 1 is 1.11 bits per heavy atom. The number of aryl methyl sites for hydroxylation is 1. The fourth-order valence-electron chi connectivity index (χ4n) is 2.92. The van der Waals surface area contributed by atoms with E-state index in [0.29, 0.717) is 0 Å². The number of nitrogens with zero attached hydrogens (tertiary/aromatic N) is 2. The molecule has 1 aromatic carbocycles. The van der Waals surface area contributed by atoms with Crippen LogP contribution in [-0.2, 0) is 6.42 Å². The number of hydrogen-bond acceptors (Lipinski definition) is 2. The summed E-state index contributed by atoms with van der Waals surface area (Å²) in [5, 5.41) is 1.33. The Balaban J connectivity index is 1.53. The lowest BCUT2D eigenvalue weighted by Gasteiger charge is -2.32. The van der Waals surface area contributed by atoms with Crippen molar-refractivity contribution in [2.45, 2.75) is 12.8 Å². The van der Waals surface area contributed by atoms with Crippen LogP contribution in [0, 0.1) is 0 Å². The van der Waals surface area contributed by atoms with E-state index in [1.165, 1.54) is 62.0 Å². The standard InChI is InChI=1S/C16H23N3/c1-18-10-12-19(13-11-18)9-3-6-14-4-2-5-15-7-8-17-16(14)15/h2,4-5,7-8,17H,3,6,9-13H2,1H3. The highest BCUT2D eigenvalue weighted by Gasteiger charge is 2.13. The molecule has 1 fully saturated rings. The average Bonchev–Trinajstić information content (AvgIpc) is 2.90. The van der Waals surface area contributed by atoms with Gasteiger partial charge in [-0.2, -0.15) is 0 Å². The van der Waals surface area contributed by atoms with Gasteiger partial charge in [-0.05, 0) is 43.5 Å². The number of H-pyrrole nitrogens is 1. The monoisotopic (exact) mass is 257 g/mol. The number of aromatic nitrogens is 1. The van der Waals surface area contributed by atoms with E-state index in [1.54, 1.807) is 0 Å². The first kappa shape index (κ1) is 12.7. The fourth-order valence-corrected chi connectivity index (χ4v) is 2.92. The highest BCUT2D eigenvalue weighted by atomic mass is 15.2. The SMILES string of the molecule is CN1CCN(CCCc2cccc3cc[nH]c23)CC1. The molecule has 1 saturated heterocycles. The number of piperazine rings is 1. The molecular formula is C16H23N3. The molecule has 2 heterocycles. The van der Waals surface area contributed by atoms with Crippen LogP contribution in [0.4, 0.5) is 0 Å². The van der Waals surface area contributed by atoms with Crippen molar-refractivity contribution in [1.29, 1.82) is 0 Å². The lowest BCUT2D eigenvalue weighted by Crippen LogP contribution is -2.44. The topological polar surface area (TPSA) is 22.3 Å². The average molecular weight is 257 g/mol. The van der Waals surface area contributed by atoms with Crippen LogP contribution in [0.1, 0.15) is 12.0 Å². The zero-order valence-electron chi connectivity index (χ0n) is 11.7. The summed E-state index contributed by atoms with van der Waals surface area (Å²) in [6.07, 6.45) is 4.46. The lowest BCUT2D eigenvalue weighted by atomic mass is 10.1. The summed E-state index contributed by atoms with van der Waals surface area (Å²) in [7, 11) is 2.21. The number of benzene rings is 1. The first-order valence-corrected chi connectivity index (χ1v) is 7.29. The van der Waals surface area contributed by atoms with Crippen LogP contribution >= 0.6 is 0 Å². The molecule has 0 spiro atoms. The van der Waals surface area contributed by atoms with Crippen molar-refractivity contribution in [3.8, 4) is 0 Å². The number of hydrogen-bond donors (Lipinski definition) is 1. The van der Waals surface area contributed by atoms with Crippen molar-refractivity contribution in [3.05, 3.63) is 36.0 Å². The first-order chi connectivity index (χ1) is 9.33. The van der Waals surface area contributed by atoms with E-state index in [9.17, 15) is 0 Å². The summed E-state index contributed by atoms with van der Waals surface area (Å²) in [5.41, 5.74) is 2.78. The van der Waals surface area contributed by atoms with Crippen LogP contribution in [0.3, 0.4) is 0 Å². The van der Waals surface area contributed by atoms with Crippen LogP contribution < -0.4 is 0 Å². The molecule has 3 rings (SSSR count). The molecule has 0 atom stereocenters. The third-order valence-corrected chi connectivity index (χ3v) is 4.19. The van der Waals surface area contributed by atoms with Crippen LogP contribution in [0.5, 0.6) is 0 Å². The van der Waals surface area contributed by atoms with Gasteiger partial charge in [0.15, 0.2) is 0 Å². The number of rotatable bonds is 4. The van der Waals surface area contributed by atoms with Gasteiger partial charge < -0.3 is 14.8 Å². The second kappa shape index (κ2) is 5.76. The van der Waals surface area contributed by atoms with Crippen molar-refractivity contribution in [2.24, 2.45) is 0 Å². The molecule has 0 radical (unpaired) electrons. The summed E-state index contributed by atoms with van der Waals surface area (Å²) in [4.78, 5) is 8.37. The van der Waals surface area contributed by atoms with Gasteiger partial charge in [0.1, 0.15) is 0 Å². The fraction of sp³-hybridized carbons (Fsp3) is 0.500. The van der Waals surface area contributed by atoms with Gasteiger partial charge in [0.25, 0.3) is 0 Å². The van der Waals surface area contributed by atoms with Crippen LogP contribution in [0.2, 0.25) is 0 Å². The summed E-state index contributed by atoms with van der Waals surface area (Å²) in [6, 6.07) is 8.75. The van der Waals surface area contributed by atoms with Gasteiger partial charge >= 0.3 is 0 Å². The third-order valence-electron chi connectivity index (χ3n) is 4.19. The smallest absolute Gasteiger partial charge is 0.0486 e. The maximum atomic E-state index is 3.36. The molecular weight excluding hydrogens is 234 g/mol. The molecule has 3 heteroatoms. The Labute approximate surface area is 115 Å². The number of fused-ring (bicyclic) bond motifs is 1. The molecule has 19 heavy (non-hydrogen) atoms. The molecule has 0 bridgehead atoms. The number of likely N-dealkylation sites (N-methyl/N-ethyl adjacent to an activating group) is 1. The van der Waals surface area contributed by atoms with Crippen LogP contribution in [0.25, 0.3) is 10.9 Å². The summed E-state index contributed by atoms with van der Waals surface area (Å²) in [5.74, 6) is 0. The van der Waals surface area contributed by atoms with Gasteiger partial charge in [-0.1, -0.05) is 18.2 Å².